The molecule has 1 aromatic heterocycles. The molecule has 3 rings (SSSR count). The second kappa shape index (κ2) is 6.50. The van der Waals surface area contributed by atoms with E-state index >= 15 is 0 Å². The van der Waals surface area contributed by atoms with E-state index < -0.39 is 11.5 Å². The molecule has 0 bridgehead atoms. The SMILES string of the molecule is O=C(Cc1c(F)cccc1Cl)N1CCC[C@H]1c1ccnc(=O)[nH]1. The summed E-state index contributed by atoms with van der Waals surface area (Å²) in [6.07, 6.45) is 2.89. The second-order valence-electron chi connectivity index (χ2n) is 5.45. The molecule has 1 N–H and O–H groups in total. The summed E-state index contributed by atoms with van der Waals surface area (Å²) in [6, 6.07) is 5.83. The summed E-state index contributed by atoms with van der Waals surface area (Å²) < 4.78 is 13.9. The van der Waals surface area contributed by atoms with Crippen molar-refractivity contribution in [2.24, 2.45) is 0 Å². The number of halogens is 2. The Morgan fingerprint density at radius 3 is 3.00 bits per heavy atom. The number of nitrogens with one attached hydrogen (secondary N) is 1. The average Bonchev–Trinajstić information content (AvgIpc) is 3.00. The van der Waals surface area contributed by atoms with Crippen molar-refractivity contribution < 1.29 is 9.18 Å². The fourth-order valence-electron chi connectivity index (χ4n) is 2.92. The molecule has 0 aliphatic carbocycles. The van der Waals surface area contributed by atoms with E-state index in [2.05, 4.69) is 9.97 Å². The van der Waals surface area contributed by atoms with Crippen LogP contribution in [0.2, 0.25) is 5.02 Å². The smallest absolute Gasteiger partial charge is 0.334 e. The van der Waals surface area contributed by atoms with Crippen LogP contribution in [0.5, 0.6) is 0 Å². The van der Waals surface area contributed by atoms with Crippen LogP contribution in [0, 0.1) is 5.82 Å². The number of aromatic amines is 1. The van der Waals surface area contributed by atoms with Crippen molar-refractivity contribution in [1.82, 2.24) is 14.9 Å². The first-order valence-corrected chi connectivity index (χ1v) is 7.71. The zero-order valence-corrected chi connectivity index (χ0v) is 13.0. The van der Waals surface area contributed by atoms with Crippen molar-refractivity contribution in [1.29, 1.82) is 0 Å². The third kappa shape index (κ3) is 3.27. The van der Waals surface area contributed by atoms with E-state index in [0.29, 0.717) is 12.2 Å². The van der Waals surface area contributed by atoms with Gasteiger partial charge in [-0.05, 0) is 31.0 Å². The zero-order chi connectivity index (χ0) is 16.4. The molecule has 1 aliphatic rings. The lowest BCUT2D eigenvalue weighted by atomic mass is 10.1. The van der Waals surface area contributed by atoms with Crippen LogP contribution in [0.3, 0.4) is 0 Å². The van der Waals surface area contributed by atoms with E-state index in [4.69, 9.17) is 11.6 Å². The van der Waals surface area contributed by atoms with E-state index in [9.17, 15) is 14.0 Å². The minimum absolute atomic E-state index is 0.0999. The molecule has 0 saturated carbocycles. The van der Waals surface area contributed by atoms with Crippen LogP contribution in [-0.2, 0) is 11.2 Å². The maximum Gasteiger partial charge on any atom is 0.345 e. The lowest BCUT2D eigenvalue weighted by molar-refractivity contribution is -0.131. The number of amides is 1. The van der Waals surface area contributed by atoms with Crippen molar-refractivity contribution >= 4 is 17.5 Å². The molecule has 7 heteroatoms. The van der Waals surface area contributed by atoms with Crippen molar-refractivity contribution in [3.63, 3.8) is 0 Å². The summed E-state index contributed by atoms with van der Waals surface area (Å²) in [5.41, 5.74) is 0.405. The van der Waals surface area contributed by atoms with Gasteiger partial charge in [0.2, 0.25) is 5.91 Å². The summed E-state index contributed by atoms with van der Waals surface area (Å²) in [5, 5.41) is 0.242. The molecular formula is C16H15ClFN3O2. The van der Waals surface area contributed by atoms with Gasteiger partial charge in [-0.25, -0.2) is 14.2 Å². The zero-order valence-electron chi connectivity index (χ0n) is 12.3. The average molecular weight is 336 g/mol. The Hall–Kier alpha value is -2.21. The number of likely N-dealkylation sites (tertiary alicyclic amines) is 1. The van der Waals surface area contributed by atoms with E-state index in [0.717, 1.165) is 12.8 Å². The van der Waals surface area contributed by atoms with Crippen LogP contribution >= 0.6 is 11.6 Å². The molecule has 0 radical (unpaired) electrons. The topological polar surface area (TPSA) is 66.1 Å². The first-order chi connectivity index (χ1) is 11.1. The van der Waals surface area contributed by atoms with Crippen LogP contribution in [-0.4, -0.2) is 27.3 Å². The molecule has 0 unspecified atom stereocenters. The highest BCUT2D eigenvalue weighted by Crippen LogP contribution is 2.31. The van der Waals surface area contributed by atoms with E-state index in [1.165, 1.54) is 18.3 Å². The molecule has 1 amide bonds. The molecule has 1 fully saturated rings. The third-order valence-corrected chi connectivity index (χ3v) is 4.37. The van der Waals surface area contributed by atoms with Crippen LogP contribution in [0.1, 0.15) is 30.1 Å². The molecule has 2 heterocycles. The van der Waals surface area contributed by atoms with Gasteiger partial charge in [-0.1, -0.05) is 17.7 Å². The van der Waals surface area contributed by atoms with Crippen LogP contribution < -0.4 is 5.69 Å². The highest BCUT2D eigenvalue weighted by atomic mass is 35.5. The number of hydrogen-bond acceptors (Lipinski definition) is 3. The van der Waals surface area contributed by atoms with Crippen molar-refractivity contribution in [3.8, 4) is 0 Å². The van der Waals surface area contributed by atoms with Gasteiger partial charge in [-0.15, -0.1) is 0 Å². The molecule has 1 saturated heterocycles. The van der Waals surface area contributed by atoms with Crippen LogP contribution in [0.4, 0.5) is 4.39 Å². The van der Waals surface area contributed by atoms with Crippen molar-refractivity contribution in [3.05, 3.63) is 63.0 Å². The lowest BCUT2D eigenvalue weighted by Crippen LogP contribution is -2.33. The number of rotatable bonds is 3. The van der Waals surface area contributed by atoms with E-state index in [-0.39, 0.29) is 29.0 Å². The van der Waals surface area contributed by atoms with E-state index in [1.807, 2.05) is 0 Å². The van der Waals surface area contributed by atoms with Gasteiger partial charge in [-0.3, -0.25) is 4.79 Å². The number of aromatic nitrogens is 2. The molecular weight excluding hydrogens is 321 g/mol. The normalized spacial score (nSPS) is 17.5. The molecule has 2 aromatic rings. The Labute approximate surface area is 137 Å². The standard InChI is InChI=1S/C16H15ClFN3O2/c17-11-3-1-4-12(18)10(11)9-15(22)21-8-2-5-14(21)13-6-7-19-16(23)20-13/h1,3-4,6-7,14H,2,5,8-9H2,(H,19,20,23)/t14-/m0/s1. The minimum atomic E-state index is -0.487. The van der Waals surface area contributed by atoms with Gasteiger partial charge in [0.05, 0.1) is 12.5 Å². The predicted octanol–water partition coefficient (Wildman–Crippen LogP) is 2.47. The highest BCUT2D eigenvalue weighted by molar-refractivity contribution is 6.31. The first kappa shape index (κ1) is 15.7. The largest absolute Gasteiger partial charge is 0.345 e. The maximum atomic E-state index is 13.9. The third-order valence-electron chi connectivity index (χ3n) is 4.02. The van der Waals surface area contributed by atoms with Crippen LogP contribution in [0.15, 0.2) is 35.3 Å². The van der Waals surface area contributed by atoms with Gasteiger partial charge in [-0.2, -0.15) is 0 Å². The van der Waals surface area contributed by atoms with Gasteiger partial charge in [0.1, 0.15) is 5.82 Å². The van der Waals surface area contributed by atoms with E-state index in [1.54, 1.807) is 17.0 Å². The Kier molecular flexibility index (Phi) is 4.43. The van der Waals surface area contributed by atoms with Gasteiger partial charge in [0.15, 0.2) is 0 Å². The molecule has 1 aromatic carbocycles. The maximum absolute atomic E-state index is 13.9. The lowest BCUT2D eigenvalue weighted by Gasteiger charge is -2.25. The molecule has 120 valence electrons. The molecule has 0 spiro atoms. The van der Waals surface area contributed by atoms with Gasteiger partial charge in [0.25, 0.3) is 0 Å². The van der Waals surface area contributed by atoms with Crippen molar-refractivity contribution in [2.45, 2.75) is 25.3 Å². The summed E-state index contributed by atoms with van der Waals surface area (Å²) in [5.74, 6) is -0.698. The molecule has 1 atom stereocenters. The Morgan fingerprint density at radius 2 is 2.26 bits per heavy atom. The minimum Gasteiger partial charge on any atom is -0.334 e. The number of hydrogen-bond donors (Lipinski definition) is 1. The van der Waals surface area contributed by atoms with Gasteiger partial charge in [0, 0.05) is 29.0 Å². The Morgan fingerprint density at radius 1 is 1.43 bits per heavy atom. The highest BCUT2D eigenvalue weighted by Gasteiger charge is 2.31. The summed E-state index contributed by atoms with van der Waals surface area (Å²) in [4.78, 5) is 31.9. The van der Waals surface area contributed by atoms with Gasteiger partial charge >= 0.3 is 5.69 Å². The fraction of sp³-hybridized carbons (Fsp3) is 0.312. The summed E-state index contributed by atoms with van der Waals surface area (Å²) in [7, 11) is 0. The predicted molar refractivity (Wildman–Crippen MR) is 83.7 cm³/mol. The monoisotopic (exact) mass is 335 g/mol. The Bertz CT molecular complexity index is 773. The van der Waals surface area contributed by atoms with Gasteiger partial charge < -0.3 is 9.88 Å². The quantitative estimate of drug-likeness (QED) is 0.937. The van der Waals surface area contributed by atoms with Crippen LogP contribution in [0.25, 0.3) is 0 Å². The first-order valence-electron chi connectivity index (χ1n) is 7.34. The number of nitrogens with zero attached hydrogens (tertiary/aromatic N) is 2. The molecule has 5 nitrogen and oxygen atoms in total. The van der Waals surface area contributed by atoms with Crippen molar-refractivity contribution in [2.75, 3.05) is 6.54 Å². The second-order valence-corrected chi connectivity index (χ2v) is 5.86. The summed E-state index contributed by atoms with van der Waals surface area (Å²) in [6.45, 7) is 0.569. The fourth-order valence-corrected chi connectivity index (χ4v) is 3.15. The number of carbonyl (C=O) groups excluding carboxylic acids is 1. The molecule has 1 aliphatic heterocycles. The Balaban J connectivity index is 1.83. The number of benzene rings is 1. The summed E-state index contributed by atoms with van der Waals surface area (Å²) >= 11 is 5.99. The number of carbonyl (C=O) groups is 1. The number of H-pyrrole nitrogens is 1. The molecule has 23 heavy (non-hydrogen) atoms.